The van der Waals surface area contributed by atoms with Crippen LogP contribution >= 0.6 is 34.7 Å². The summed E-state index contributed by atoms with van der Waals surface area (Å²) in [6, 6.07) is 7.84. The van der Waals surface area contributed by atoms with E-state index in [-0.39, 0.29) is 5.91 Å². The minimum absolute atomic E-state index is 0.161. The van der Waals surface area contributed by atoms with Gasteiger partial charge in [0.25, 0.3) is 0 Å². The van der Waals surface area contributed by atoms with Gasteiger partial charge in [0.05, 0.1) is 5.75 Å². The zero-order chi connectivity index (χ0) is 16.2. The normalized spacial score (nSPS) is 15.0. The first kappa shape index (κ1) is 16.5. The Kier molecular flexibility index (Phi) is 5.40. The molecule has 0 N–H and O–H groups in total. The average Bonchev–Trinajstić information content (AvgIpc) is 2.98. The number of carbonyl (C=O) groups excluding carboxylic acids is 1. The third-order valence-corrected chi connectivity index (χ3v) is 5.82. The van der Waals surface area contributed by atoms with Crippen LogP contribution in [0.5, 0.6) is 0 Å². The van der Waals surface area contributed by atoms with Crippen LogP contribution in [0.15, 0.2) is 28.6 Å². The zero-order valence-electron chi connectivity index (χ0n) is 12.7. The molecule has 2 heterocycles. The second-order valence-corrected chi connectivity index (χ2v) is 8.06. The van der Waals surface area contributed by atoms with Crippen LogP contribution in [-0.4, -0.2) is 52.9 Å². The lowest BCUT2D eigenvalue weighted by atomic mass is 10.2. The van der Waals surface area contributed by atoms with E-state index >= 15 is 0 Å². The van der Waals surface area contributed by atoms with Gasteiger partial charge < -0.3 is 9.80 Å². The molecule has 0 atom stereocenters. The van der Waals surface area contributed by atoms with Crippen molar-refractivity contribution in [2.75, 3.05) is 36.8 Å². The van der Waals surface area contributed by atoms with Crippen LogP contribution in [0.3, 0.4) is 0 Å². The second kappa shape index (κ2) is 7.51. The molecule has 1 aliphatic rings. The lowest BCUT2D eigenvalue weighted by Gasteiger charge is -2.36. The number of hydrogen-bond acceptors (Lipinski definition) is 6. The van der Waals surface area contributed by atoms with Crippen molar-refractivity contribution in [3.05, 3.63) is 34.3 Å². The van der Waals surface area contributed by atoms with Crippen molar-refractivity contribution in [1.29, 1.82) is 0 Å². The molecule has 1 aromatic carbocycles. The van der Waals surface area contributed by atoms with E-state index in [0.717, 1.165) is 46.2 Å². The van der Waals surface area contributed by atoms with E-state index in [1.54, 1.807) is 0 Å². The van der Waals surface area contributed by atoms with Gasteiger partial charge in [0.1, 0.15) is 5.01 Å². The summed E-state index contributed by atoms with van der Waals surface area (Å²) < 4.78 is 0.855. The number of anilines is 1. The van der Waals surface area contributed by atoms with Crippen molar-refractivity contribution >= 4 is 46.3 Å². The zero-order valence-corrected chi connectivity index (χ0v) is 15.1. The Morgan fingerprint density at radius 2 is 2.09 bits per heavy atom. The van der Waals surface area contributed by atoms with Gasteiger partial charge in [-0.25, -0.2) is 0 Å². The average molecular weight is 369 g/mol. The number of piperazine rings is 1. The molecule has 0 bridgehead atoms. The molecule has 1 aromatic heterocycles. The van der Waals surface area contributed by atoms with Crippen molar-refractivity contribution in [3.8, 4) is 0 Å². The van der Waals surface area contributed by atoms with E-state index in [1.165, 1.54) is 23.1 Å². The Hall–Kier alpha value is -1.31. The smallest absolute Gasteiger partial charge is 0.233 e. The van der Waals surface area contributed by atoms with Crippen LogP contribution in [0.4, 0.5) is 5.69 Å². The first-order valence-corrected chi connectivity index (χ1v) is 9.51. The molecule has 23 heavy (non-hydrogen) atoms. The van der Waals surface area contributed by atoms with Crippen LogP contribution in [-0.2, 0) is 4.79 Å². The molecule has 8 heteroatoms. The van der Waals surface area contributed by atoms with E-state index < -0.39 is 0 Å². The van der Waals surface area contributed by atoms with Crippen LogP contribution in [0.2, 0.25) is 5.02 Å². The molecule has 0 radical (unpaired) electrons. The fourth-order valence-corrected chi connectivity index (χ4v) is 4.34. The number of nitrogens with zero attached hydrogens (tertiary/aromatic N) is 4. The van der Waals surface area contributed by atoms with Crippen LogP contribution in [0.1, 0.15) is 5.01 Å². The van der Waals surface area contributed by atoms with E-state index in [4.69, 9.17) is 11.6 Å². The maximum Gasteiger partial charge on any atom is 0.233 e. The van der Waals surface area contributed by atoms with Gasteiger partial charge in [0, 0.05) is 36.9 Å². The van der Waals surface area contributed by atoms with Crippen molar-refractivity contribution in [3.63, 3.8) is 0 Å². The van der Waals surface area contributed by atoms with Gasteiger partial charge in [-0.15, -0.1) is 10.2 Å². The largest absolute Gasteiger partial charge is 0.368 e. The van der Waals surface area contributed by atoms with E-state index in [1.807, 2.05) is 30.0 Å². The highest BCUT2D eigenvalue weighted by molar-refractivity contribution is 8.01. The molecular formula is C15H17ClN4OS2. The molecular weight excluding hydrogens is 352 g/mol. The molecule has 0 unspecified atom stereocenters. The SMILES string of the molecule is Cc1nnc(SCC(=O)N2CCN(c3cccc(Cl)c3)CC2)s1. The maximum absolute atomic E-state index is 12.3. The Morgan fingerprint density at radius 1 is 1.30 bits per heavy atom. The summed E-state index contributed by atoms with van der Waals surface area (Å²) in [4.78, 5) is 16.5. The van der Waals surface area contributed by atoms with E-state index in [9.17, 15) is 4.79 Å². The molecule has 5 nitrogen and oxygen atoms in total. The lowest BCUT2D eigenvalue weighted by Crippen LogP contribution is -2.49. The molecule has 0 saturated carbocycles. The fourth-order valence-electron chi connectivity index (χ4n) is 2.44. The van der Waals surface area contributed by atoms with E-state index in [2.05, 4.69) is 21.2 Å². The van der Waals surface area contributed by atoms with Gasteiger partial charge in [-0.2, -0.15) is 0 Å². The molecule has 3 rings (SSSR count). The standard InChI is InChI=1S/C15H17ClN4OS2/c1-11-17-18-15(23-11)22-10-14(21)20-7-5-19(6-8-20)13-4-2-3-12(16)9-13/h2-4,9H,5-8,10H2,1H3. The summed E-state index contributed by atoms with van der Waals surface area (Å²) in [6.45, 7) is 5.05. The van der Waals surface area contributed by atoms with Gasteiger partial charge in [-0.3, -0.25) is 4.79 Å². The van der Waals surface area contributed by atoms with Gasteiger partial charge in [-0.05, 0) is 25.1 Å². The summed E-state index contributed by atoms with van der Waals surface area (Å²) in [5.41, 5.74) is 1.11. The highest BCUT2D eigenvalue weighted by atomic mass is 35.5. The highest BCUT2D eigenvalue weighted by Gasteiger charge is 2.21. The van der Waals surface area contributed by atoms with Crippen molar-refractivity contribution in [2.45, 2.75) is 11.3 Å². The Labute approximate surface area is 148 Å². The number of aryl methyl sites for hydroxylation is 1. The summed E-state index contributed by atoms with van der Waals surface area (Å²) in [5, 5.41) is 9.66. The molecule has 1 aliphatic heterocycles. The third kappa shape index (κ3) is 4.37. The number of carbonyl (C=O) groups is 1. The van der Waals surface area contributed by atoms with Crippen molar-refractivity contribution < 1.29 is 4.79 Å². The molecule has 1 saturated heterocycles. The van der Waals surface area contributed by atoms with Crippen molar-refractivity contribution in [1.82, 2.24) is 15.1 Å². The molecule has 0 spiro atoms. The number of rotatable bonds is 4. The first-order valence-electron chi connectivity index (χ1n) is 7.33. The van der Waals surface area contributed by atoms with Gasteiger partial charge >= 0.3 is 0 Å². The van der Waals surface area contributed by atoms with Gasteiger partial charge in [0.2, 0.25) is 5.91 Å². The molecule has 1 fully saturated rings. The number of halogens is 1. The monoisotopic (exact) mass is 368 g/mol. The van der Waals surface area contributed by atoms with Crippen LogP contribution < -0.4 is 4.90 Å². The second-order valence-electron chi connectivity index (χ2n) is 5.22. The van der Waals surface area contributed by atoms with Gasteiger partial charge in [-0.1, -0.05) is 40.8 Å². The molecule has 0 aliphatic carbocycles. The van der Waals surface area contributed by atoms with Gasteiger partial charge in [0.15, 0.2) is 4.34 Å². The Morgan fingerprint density at radius 3 is 2.74 bits per heavy atom. The lowest BCUT2D eigenvalue weighted by molar-refractivity contribution is -0.128. The minimum atomic E-state index is 0.161. The van der Waals surface area contributed by atoms with Crippen LogP contribution in [0.25, 0.3) is 0 Å². The Balaban J connectivity index is 1.49. The fraction of sp³-hybridized carbons (Fsp3) is 0.400. The summed E-state index contributed by atoms with van der Waals surface area (Å²) in [5.74, 6) is 0.583. The van der Waals surface area contributed by atoms with E-state index in [0.29, 0.717) is 5.75 Å². The molecule has 122 valence electrons. The van der Waals surface area contributed by atoms with Crippen molar-refractivity contribution in [2.24, 2.45) is 0 Å². The van der Waals surface area contributed by atoms with Crippen LogP contribution in [0, 0.1) is 6.92 Å². The molecule has 1 amide bonds. The molecule has 2 aromatic rings. The number of thioether (sulfide) groups is 1. The number of aromatic nitrogens is 2. The number of amides is 1. The minimum Gasteiger partial charge on any atom is -0.368 e. The third-order valence-electron chi connectivity index (χ3n) is 3.63. The number of benzene rings is 1. The summed E-state index contributed by atoms with van der Waals surface area (Å²) in [7, 11) is 0. The quantitative estimate of drug-likeness (QED) is 0.776. The topological polar surface area (TPSA) is 49.3 Å². The summed E-state index contributed by atoms with van der Waals surface area (Å²) >= 11 is 9.03. The maximum atomic E-state index is 12.3. The number of hydrogen-bond donors (Lipinski definition) is 0. The summed E-state index contributed by atoms with van der Waals surface area (Å²) in [6.07, 6.45) is 0. The highest BCUT2D eigenvalue weighted by Crippen LogP contribution is 2.23. The predicted molar refractivity (Wildman–Crippen MR) is 95.6 cm³/mol. The predicted octanol–water partition coefficient (Wildman–Crippen LogP) is 2.94. The first-order chi connectivity index (χ1) is 11.1. The Bertz CT molecular complexity index is 686.